The van der Waals surface area contributed by atoms with Gasteiger partial charge in [-0.3, -0.25) is 4.55 Å². The van der Waals surface area contributed by atoms with E-state index < -0.39 is 10.1 Å². The van der Waals surface area contributed by atoms with Gasteiger partial charge in [0.15, 0.2) is 0 Å². The van der Waals surface area contributed by atoms with E-state index in [0.717, 1.165) is 25.3 Å². The fourth-order valence-corrected chi connectivity index (χ4v) is 3.31. The number of aromatic hydroxyl groups is 1. The number of phenolic OH excluding ortho intramolecular Hbond substituents is 1. The van der Waals surface area contributed by atoms with Crippen molar-refractivity contribution in [3.8, 4) is 17.2 Å². The normalized spacial score (nSPS) is 11.5. The van der Waals surface area contributed by atoms with Crippen molar-refractivity contribution in [1.82, 2.24) is 0 Å². The molecule has 0 heterocycles. The highest BCUT2D eigenvalue weighted by Crippen LogP contribution is 2.36. The first-order valence-corrected chi connectivity index (χ1v) is 10.4. The monoisotopic (exact) mass is 378 g/mol. The second-order valence-electron chi connectivity index (χ2n) is 6.33. The Bertz CT molecular complexity index is 800. The maximum Gasteiger partial charge on any atom is 0.294 e. The van der Waals surface area contributed by atoms with Gasteiger partial charge in [-0.1, -0.05) is 57.2 Å². The summed E-state index contributed by atoms with van der Waals surface area (Å²) in [6.07, 6.45) is 7.21. The van der Waals surface area contributed by atoms with Crippen LogP contribution in [0.15, 0.2) is 47.4 Å². The summed E-state index contributed by atoms with van der Waals surface area (Å²) in [6, 6.07) is 11.3. The van der Waals surface area contributed by atoms with Gasteiger partial charge in [0, 0.05) is 17.7 Å². The van der Waals surface area contributed by atoms with E-state index in [1.54, 1.807) is 24.3 Å². The van der Waals surface area contributed by atoms with Crippen LogP contribution < -0.4 is 4.74 Å². The molecule has 2 aromatic rings. The van der Waals surface area contributed by atoms with E-state index in [0.29, 0.717) is 17.7 Å². The maximum absolute atomic E-state index is 11.5. The van der Waals surface area contributed by atoms with Crippen LogP contribution >= 0.6 is 0 Å². The molecule has 0 aliphatic carbocycles. The van der Waals surface area contributed by atoms with Gasteiger partial charge >= 0.3 is 0 Å². The van der Waals surface area contributed by atoms with Gasteiger partial charge in [0.1, 0.15) is 22.1 Å². The molecule has 0 fully saturated rings. The SMILES string of the molecule is CCCCCCCCc1c(O)cc(S(=O)(=O)O)cc1Oc1ccccc1. The molecule has 6 heteroatoms. The summed E-state index contributed by atoms with van der Waals surface area (Å²) in [5, 5.41) is 10.3. The Hall–Kier alpha value is -2.05. The summed E-state index contributed by atoms with van der Waals surface area (Å²) in [4.78, 5) is -0.382. The van der Waals surface area contributed by atoms with Crippen molar-refractivity contribution >= 4 is 10.1 Å². The van der Waals surface area contributed by atoms with Crippen molar-refractivity contribution in [2.75, 3.05) is 0 Å². The highest BCUT2D eigenvalue weighted by molar-refractivity contribution is 7.85. The van der Waals surface area contributed by atoms with E-state index >= 15 is 0 Å². The van der Waals surface area contributed by atoms with E-state index in [9.17, 15) is 18.1 Å². The van der Waals surface area contributed by atoms with Gasteiger partial charge in [0.25, 0.3) is 10.1 Å². The topological polar surface area (TPSA) is 83.8 Å². The summed E-state index contributed by atoms with van der Waals surface area (Å²) in [5.41, 5.74) is 0.553. The first-order valence-electron chi connectivity index (χ1n) is 8.98. The van der Waals surface area contributed by atoms with E-state index in [1.807, 2.05) is 6.07 Å². The molecule has 2 aromatic carbocycles. The lowest BCUT2D eigenvalue weighted by Gasteiger charge is -2.14. The first-order chi connectivity index (χ1) is 12.4. The third-order valence-corrected chi connectivity index (χ3v) is 5.04. The summed E-state index contributed by atoms with van der Waals surface area (Å²) >= 11 is 0. The van der Waals surface area contributed by atoms with Gasteiger partial charge in [-0.05, 0) is 25.0 Å². The van der Waals surface area contributed by atoms with Crippen LogP contribution in [0.4, 0.5) is 0 Å². The molecule has 142 valence electrons. The van der Waals surface area contributed by atoms with E-state index in [2.05, 4.69) is 6.92 Å². The minimum Gasteiger partial charge on any atom is -0.507 e. The van der Waals surface area contributed by atoms with Crippen LogP contribution in [0.2, 0.25) is 0 Å². The van der Waals surface area contributed by atoms with Crippen LogP contribution in [-0.4, -0.2) is 18.1 Å². The van der Waals surface area contributed by atoms with Crippen LogP contribution in [0.1, 0.15) is 51.0 Å². The Morgan fingerprint density at radius 3 is 2.27 bits per heavy atom. The van der Waals surface area contributed by atoms with Crippen LogP contribution in [0, 0.1) is 0 Å². The average Bonchev–Trinajstić information content (AvgIpc) is 2.59. The molecule has 0 unspecified atom stereocenters. The smallest absolute Gasteiger partial charge is 0.294 e. The number of benzene rings is 2. The first kappa shape index (κ1) is 20.3. The molecule has 0 saturated heterocycles. The number of hydrogen-bond donors (Lipinski definition) is 2. The molecule has 0 aliphatic heterocycles. The highest BCUT2D eigenvalue weighted by Gasteiger charge is 2.18. The molecule has 0 saturated carbocycles. The lowest BCUT2D eigenvalue weighted by molar-refractivity contribution is 0.434. The van der Waals surface area contributed by atoms with Gasteiger partial charge in [0.05, 0.1) is 0 Å². The van der Waals surface area contributed by atoms with Crippen LogP contribution in [0.25, 0.3) is 0 Å². The Kier molecular flexibility index (Phi) is 7.48. The molecule has 0 radical (unpaired) electrons. The third kappa shape index (κ3) is 6.04. The van der Waals surface area contributed by atoms with Gasteiger partial charge < -0.3 is 9.84 Å². The van der Waals surface area contributed by atoms with Crippen molar-refractivity contribution in [2.24, 2.45) is 0 Å². The quantitative estimate of drug-likeness (QED) is 0.431. The molecule has 2 N–H and O–H groups in total. The molecule has 0 aliphatic rings. The second kappa shape index (κ2) is 9.59. The number of phenols is 1. The van der Waals surface area contributed by atoms with Crippen LogP contribution in [0.3, 0.4) is 0 Å². The minimum absolute atomic E-state index is 0.181. The summed E-state index contributed by atoms with van der Waals surface area (Å²) in [7, 11) is -4.43. The standard InChI is InChI=1S/C20H26O5S/c1-2-3-4-5-6-10-13-18-19(21)14-17(26(22,23)24)15-20(18)25-16-11-8-7-9-12-16/h7-9,11-12,14-15,21H,2-6,10,13H2,1H3,(H,22,23,24). The molecule has 5 nitrogen and oxygen atoms in total. The van der Waals surface area contributed by atoms with Gasteiger partial charge in [-0.15, -0.1) is 0 Å². The van der Waals surface area contributed by atoms with E-state index in [-0.39, 0.29) is 16.4 Å². The number of ether oxygens (including phenoxy) is 1. The third-order valence-electron chi connectivity index (χ3n) is 4.21. The minimum atomic E-state index is -4.43. The Balaban J connectivity index is 2.21. The summed E-state index contributed by atoms with van der Waals surface area (Å²) in [5.74, 6) is 0.598. The molecular formula is C20H26O5S. The predicted molar refractivity (Wildman–Crippen MR) is 102 cm³/mol. The number of rotatable bonds is 10. The van der Waals surface area contributed by atoms with Crippen molar-refractivity contribution in [1.29, 1.82) is 0 Å². The van der Waals surface area contributed by atoms with Crippen molar-refractivity contribution in [3.05, 3.63) is 48.0 Å². The van der Waals surface area contributed by atoms with Gasteiger partial charge in [-0.2, -0.15) is 8.42 Å². The molecular weight excluding hydrogens is 352 g/mol. The summed E-state index contributed by atoms with van der Waals surface area (Å²) < 4.78 is 38.0. The second-order valence-corrected chi connectivity index (χ2v) is 7.75. The lowest BCUT2D eigenvalue weighted by atomic mass is 10.0. The number of para-hydroxylation sites is 1. The van der Waals surface area contributed by atoms with Crippen LogP contribution in [-0.2, 0) is 16.5 Å². The zero-order chi connectivity index (χ0) is 19.0. The number of hydrogen-bond acceptors (Lipinski definition) is 4. The zero-order valence-electron chi connectivity index (χ0n) is 15.0. The van der Waals surface area contributed by atoms with Gasteiger partial charge in [-0.25, -0.2) is 0 Å². The molecule has 26 heavy (non-hydrogen) atoms. The van der Waals surface area contributed by atoms with Crippen molar-refractivity contribution in [2.45, 2.75) is 56.8 Å². The highest BCUT2D eigenvalue weighted by atomic mass is 32.2. The fraction of sp³-hybridized carbons (Fsp3) is 0.400. The zero-order valence-corrected chi connectivity index (χ0v) is 15.8. The predicted octanol–water partition coefficient (Wildman–Crippen LogP) is 5.33. The molecule has 0 atom stereocenters. The van der Waals surface area contributed by atoms with Crippen molar-refractivity contribution in [3.63, 3.8) is 0 Å². The molecule has 2 rings (SSSR count). The molecule has 0 aromatic heterocycles. The average molecular weight is 378 g/mol. The van der Waals surface area contributed by atoms with Gasteiger partial charge in [0.2, 0.25) is 0 Å². The fourth-order valence-electron chi connectivity index (χ4n) is 2.79. The largest absolute Gasteiger partial charge is 0.507 e. The Morgan fingerprint density at radius 2 is 1.62 bits per heavy atom. The Labute approximate surface area is 155 Å². The van der Waals surface area contributed by atoms with Crippen molar-refractivity contribution < 1.29 is 22.8 Å². The number of unbranched alkanes of at least 4 members (excludes halogenated alkanes) is 5. The molecule has 0 spiro atoms. The molecule has 0 bridgehead atoms. The van der Waals surface area contributed by atoms with E-state index in [4.69, 9.17) is 4.74 Å². The molecule has 0 amide bonds. The summed E-state index contributed by atoms with van der Waals surface area (Å²) in [6.45, 7) is 2.17. The Morgan fingerprint density at radius 1 is 0.962 bits per heavy atom. The lowest BCUT2D eigenvalue weighted by Crippen LogP contribution is -2.01. The van der Waals surface area contributed by atoms with E-state index in [1.165, 1.54) is 25.3 Å². The van der Waals surface area contributed by atoms with Crippen LogP contribution in [0.5, 0.6) is 17.2 Å². The maximum atomic E-state index is 11.5.